The minimum atomic E-state index is -0.0339. The Bertz CT molecular complexity index is 701. The van der Waals surface area contributed by atoms with Crippen molar-refractivity contribution in [2.24, 2.45) is 5.92 Å². The molecule has 5 heteroatoms. The molecule has 0 spiro atoms. The van der Waals surface area contributed by atoms with Crippen molar-refractivity contribution in [3.8, 4) is 0 Å². The average Bonchev–Trinajstić information content (AvgIpc) is 2.55. The number of aryl methyl sites for hydroxylation is 2. The van der Waals surface area contributed by atoms with Gasteiger partial charge in [-0.25, -0.2) is 9.97 Å². The summed E-state index contributed by atoms with van der Waals surface area (Å²) in [7, 11) is 0. The number of rotatable bonds is 3. The molecule has 0 aromatic carbocycles. The molecule has 0 saturated carbocycles. The average molecular weight is 310 g/mol. The maximum absolute atomic E-state index is 12.5. The van der Waals surface area contributed by atoms with Gasteiger partial charge in [0, 0.05) is 24.5 Å². The molecule has 3 rings (SSSR count). The molecule has 1 N–H and O–H groups in total. The Labute approximate surface area is 136 Å². The number of hydrogen-bond donors (Lipinski definition) is 1. The minimum absolute atomic E-state index is 0.0339. The van der Waals surface area contributed by atoms with Crippen molar-refractivity contribution in [3.63, 3.8) is 0 Å². The third-order valence-corrected chi connectivity index (χ3v) is 4.13. The standard InChI is InChI=1S/C18H22N4O/c1-13-6-3-9-16(19-13)21-18(23)15-8-5-11-22(12-15)17-10-4-7-14(2)20-17/h3-4,6-7,9-10,15H,5,8,11-12H2,1-2H3,(H,19,21,23). The third-order valence-electron chi connectivity index (χ3n) is 4.13. The van der Waals surface area contributed by atoms with Crippen LogP contribution in [0.15, 0.2) is 36.4 Å². The van der Waals surface area contributed by atoms with Crippen LogP contribution in [0.25, 0.3) is 0 Å². The highest BCUT2D eigenvalue weighted by Gasteiger charge is 2.26. The molecule has 2 aromatic rings. The van der Waals surface area contributed by atoms with Crippen molar-refractivity contribution < 1.29 is 4.79 Å². The van der Waals surface area contributed by atoms with E-state index in [1.165, 1.54) is 0 Å². The van der Waals surface area contributed by atoms with Crippen LogP contribution in [0, 0.1) is 19.8 Å². The maximum Gasteiger partial charge on any atom is 0.230 e. The van der Waals surface area contributed by atoms with E-state index < -0.39 is 0 Å². The lowest BCUT2D eigenvalue weighted by molar-refractivity contribution is -0.120. The molecule has 1 unspecified atom stereocenters. The van der Waals surface area contributed by atoms with E-state index in [2.05, 4.69) is 20.2 Å². The van der Waals surface area contributed by atoms with Crippen LogP contribution in [-0.4, -0.2) is 29.0 Å². The van der Waals surface area contributed by atoms with E-state index in [0.29, 0.717) is 12.4 Å². The molecule has 1 atom stereocenters. The van der Waals surface area contributed by atoms with Gasteiger partial charge in [-0.05, 0) is 51.0 Å². The second kappa shape index (κ2) is 6.77. The molecule has 1 aliphatic rings. The van der Waals surface area contributed by atoms with Crippen LogP contribution in [0.5, 0.6) is 0 Å². The van der Waals surface area contributed by atoms with Crippen molar-refractivity contribution in [3.05, 3.63) is 47.8 Å². The summed E-state index contributed by atoms with van der Waals surface area (Å²) in [4.78, 5) is 23.6. The molecule has 23 heavy (non-hydrogen) atoms. The highest BCUT2D eigenvalue weighted by molar-refractivity contribution is 5.92. The lowest BCUT2D eigenvalue weighted by atomic mass is 9.97. The van der Waals surface area contributed by atoms with Crippen LogP contribution < -0.4 is 10.2 Å². The first-order chi connectivity index (χ1) is 11.1. The van der Waals surface area contributed by atoms with Crippen LogP contribution >= 0.6 is 0 Å². The number of nitrogens with one attached hydrogen (secondary N) is 1. The summed E-state index contributed by atoms with van der Waals surface area (Å²) in [5.74, 6) is 1.59. The highest BCUT2D eigenvalue weighted by Crippen LogP contribution is 2.23. The summed E-state index contributed by atoms with van der Waals surface area (Å²) in [5, 5.41) is 2.94. The smallest absolute Gasteiger partial charge is 0.230 e. The van der Waals surface area contributed by atoms with Gasteiger partial charge in [0.2, 0.25) is 5.91 Å². The predicted molar refractivity (Wildman–Crippen MR) is 91.5 cm³/mol. The molecule has 0 bridgehead atoms. The second-order valence-electron chi connectivity index (χ2n) is 6.08. The molecule has 1 amide bonds. The molecular weight excluding hydrogens is 288 g/mol. The predicted octanol–water partition coefficient (Wildman–Crippen LogP) is 2.95. The van der Waals surface area contributed by atoms with E-state index in [1.807, 2.05) is 50.2 Å². The Balaban J connectivity index is 1.67. The molecule has 0 aliphatic carbocycles. The van der Waals surface area contributed by atoms with E-state index in [9.17, 15) is 4.79 Å². The van der Waals surface area contributed by atoms with Crippen LogP contribution in [-0.2, 0) is 4.79 Å². The Kier molecular flexibility index (Phi) is 4.55. The van der Waals surface area contributed by atoms with Gasteiger partial charge in [0.1, 0.15) is 11.6 Å². The molecule has 3 heterocycles. The van der Waals surface area contributed by atoms with Gasteiger partial charge in [-0.3, -0.25) is 4.79 Å². The largest absolute Gasteiger partial charge is 0.356 e. The molecule has 1 saturated heterocycles. The lowest BCUT2D eigenvalue weighted by Gasteiger charge is -2.33. The van der Waals surface area contributed by atoms with Crippen LogP contribution in [0.4, 0.5) is 11.6 Å². The number of carbonyl (C=O) groups excluding carboxylic acids is 1. The fraction of sp³-hybridized carbons (Fsp3) is 0.389. The monoisotopic (exact) mass is 310 g/mol. The molecule has 0 radical (unpaired) electrons. The Morgan fingerprint density at radius 1 is 1.13 bits per heavy atom. The van der Waals surface area contributed by atoms with E-state index in [1.54, 1.807) is 0 Å². The first-order valence-electron chi connectivity index (χ1n) is 8.05. The minimum Gasteiger partial charge on any atom is -0.356 e. The van der Waals surface area contributed by atoms with Gasteiger partial charge in [0.15, 0.2) is 0 Å². The first kappa shape index (κ1) is 15.5. The zero-order valence-electron chi connectivity index (χ0n) is 13.6. The molecule has 120 valence electrons. The van der Waals surface area contributed by atoms with Crippen molar-refractivity contribution in [2.45, 2.75) is 26.7 Å². The number of hydrogen-bond acceptors (Lipinski definition) is 4. The number of anilines is 2. The zero-order valence-corrected chi connectivity index (χ0v) is 13.6. The Morgan fingerprint density at radius 2 is 1.87 bits per heavy atom. The summed E-state index contributed by atoms with van der Waals surface area (Å²) in [6, 6.07) is 11.7. The summed E-state index contributed by atoms with van der Waals surface area (Å²) < 4.78 is 0. The molecule has 1 aliphatic heterocycles. The zero-order chi connectivity index (χ0) is 16.2. The number of piperidine rings is 1. The van der Waals surface area contributed by atoms with E-state index in [0.717, 1.165) is 36.6 Å². The summed E-state index contributed by atoms with van der Waals surface area (Å²) in [6.45, 7) is 5.56. The number of pyridine rings is 2. The quantitative estimate of drug-likeness (QED) is 0.947. The number of carbonyl (C=O) groups is 1. The molecule has 5 nitrogen and oxygen atoms in total. The third kappa shape index (κ3) is 3.86. The molecule has 1 fully saturated rings. The van der Waals surface area contributed by atoms with E-state index in [-0.39, 0.29) is 11.8 Å². The van der Waals surface area contributed by atoms with Crippen LogP contribution in [0.1, 0.15) is 24.2 Å². The van der Waals surface area contributed by atoms with Crippen molar-refractivity contribution >= 4 is 17.5 Å². The Morgan fingerprint density at radius 3 is 2.61 bits per heavy atom. The summed E-state index contributed by atoms with van der Waals surface area (Å²) in [5.41, 5.74) is 1.90. The fourth-order valence-corrected chi connectivity index (χ4v) is 2.94. The van der Waals surface area contributed by atoms with E-state index >= 15 is 0 Å². The summed E-state index contributed by atoms with van der Waals surface area (Å²) in [6.07, 6.45) is 1.90. The van der Waals surface area contributed by atoms with Crippen molar-refractivity contribution in [1.82, 2.24) is 9.97 Å². The number of amides is 1. The fourth-order valence-electron chi connectivity index (χ4n) is 2.94. The van der Waals surface area contributed by atoms with Gasteiger partial charge in [-0.15, -0.1) is 0 Å². The second-order valence-corrected chi connectivity index (χ2v) is 6.08. The van der Waals surface area contributed by atoms with Gasteiger partial charge in [-0.1, -0.05) is 12.1 Å². The molecule has 2 aromatic heterocycles. The van der Waals surface area contributed by atoms with Crippen LogP contribution in [0.3, 0.4) is 0 Å². The highest BCUT2D eigenvalue weighted by atomic mass is 16.2. The summed E-state index contributed by atoms with van der Waals surface area (Å²) >= 11 is 0. The Hall–Kier alpha value is -2.43. The van der Waals surface area contributed by atoms with Gasteiger partial charge in [0.25, 0.3) is 0 Å². The number of aromatic nitrogens is 2. The normalized spacial score (nSPS) is 17.8. The maximum atomic E-state index is 12.5. The molecular formula is C18H22N4O. The topological polar surface area (TPSA) is 58.1 Å². The van der Waals surface area contributed by atoms with E-state index in [4.69, 9.17) is 0 Å². The van der Waals surface area contributed by atoms with Gasteiger partial charge in [-0.2, -0.15) is 0 Å². The number of nitrogens with zero attached hydrogens (tertiary/aromatic N) is 3. The SMILES string of the molecule is Cc1cccc(NC(=O)C2CCCN(c3cccc(C)n3)C2)n1. The van der Waals surface area contributed by atoms with Crippen molar-refractivity contribution in [1.29, 1.82) is 0 Å². The van der Waals surface area contributed by atoms with Gasteiger partial charge >= 0.3 is 0 Å². The van der Waals surface area contributed by atoms with Gasteiger partial charge in [0.05, 0.1) is 5.92 Å². The van der Waals surface area contributed by atoms with Gasteiger partial charge < -0.3 is 10.2 Å². The first-order valence-corrected chi connectivity index (χ1v) is 8.05. The lowest BCUT2D eigenvalue weighted by Crippen LogP contribution is -2.41. The van der Waals surface area contributed by atoms with Crippen LogP contribution in [0.2, 0.25) is 0 Å². The van der Waals surface area contributed by atoms with Crippen molar-refractivity contribution in [2.75, 3.05) is 23.3 Å².